The van der Waals surface area contributed by atoms with Gasteiger partial charge in [-0.25, -0.2) is 0 Å². The Hall–Kier alpha value is -0.790. The van der Waals surface area contributed by atoms with Crippen molar-refractivity contribution in [3.63, 3.8) is 0 Å². The van der Waals surface area contributed by atoms with Crippen LogP contribution in [0.4, 0.5) is 0 Å². The second kappa shape index (κ2) is 1.99. The molecule has 0 atom stereocenters. The summed E-state index contributed by atoms with van der Waals surface area (Å²) in [7, 11) is 2.05. The minimum atomic E-state index is 0.947. The maximum atomic E-state index is 3.98. The molecule has 0 fully saturated rings. The lowest BCUT2D eigenvalue weighted by Crippen LogP contribution is -2.20. The molecule has 1 rings (SSSR count). The van der Waals surface area contributed by atoms with E-state index in [0.29, 0.717) is 0 Å². The summed E-state index contributed by atoms with van der Waals surface area (Å²) in [5, 5.41) is 0. The van der Waals surface area contributed by atoms with E-state index in [9.17, 15) is 0 Å². The summed E-state index contributed by atoms with van der Waals surface area (Å²) in [6.07, 6.45) is 3.76. The molecule has 0 saturated carbocycles. The van der Waals surface area contributed by atoms with Crippen molar-refractivity contribution in [3.05, 3.63) is 11.9 Å². The highest BCUT2D eigenvalue weighted by atomic mass is 15.1. The zero-order valence-corrected chi connectivity index (χ0v) is 5.26. The van der Waals surface area contributed by atoms with Gasteiger partial charge >= 0.3 is 0 Å². The first-order chi connectivity index (χ1) is 3.80. The molecule has 0 bridgehead atoms. The van der Waals surface area contributed by atoms with E-state index in [-0.39, 0.29) is 0 Å². The van der Waals surface area contributed by atoms with Crippen molar-refractivity contribution in [1.29, 1.82) is 0 Å². The minimum Gasteiger partial charge on any atom is -0.372 e. The predicted octanol–water partition coefficient (Wildman–Crippen LogP) is 0.864. The molecule has 0 aliphatic carbocycles. The molecule has 1 aliphatic rings. The maximum Gasteiger partial charge on any atom is 0.0526 e. The van der Waals surface area contributed by atoms with Crippen LogP contribution in [-0.2, 0) is 0 Å². The number of aliphatic imine (C=N–C) groups is 1. The van der Waals surface area contributed by atoms with Gasteiger partial charge in [-0.05, 0) is 6.92 Å². The molecule has 2 heteroatoms. The average molecular weight is 110 g/mol. The first kappa shape index (κ1) is 5.35. The molecule has 0 aromatic carbocycles. The normalized spacial score (nSPS) is 18.8. The Bertz CT molecular complexity index is 135. The van der Waals surface area contributed by atoms with Gasteiger partial charge in [-0.15, -0.1) is 0 Å². The largest absolute Gasteiger partial charge is 0.372 e. The van der Waals surface area contributed by atoms with E-state index in [0.717, 1.165) is 6.54 Å². The molecule has 0 N–H and O–H groups in total. The zero-order chi connectivity index (χ0) is 5.98. The van der Waals surface area contributed by atoms with Gasteiger partial charge in [-0.3, -0.25) is 4.99 Å². The predicted molar refractivity (Wildman–Crippen MR) is 34.9 cm³/mol. The molecule has 2 nitrogen and oxygen atoms in total. The van der Waals surface area contributed by atoms with Gasteiger partial charge in [-0.2, -0.15) is 0 Å². The summed E-state index contributed by atoms with van der Waals surface area (Å²) in [6.45, 7) is 3.00. The minimum absolute atomic E-state index is 0.947. The number of nitrogens with zero attached hydrogens (tertiary/aromatic N) is 2. The lowest BCUT2D eigenvalue weighted by atomic mass is 10.4. The fourth-order valence-corrected chi connectivity index (χ4v) is 0.573. The summed E-state index contributed by atoms with van der Waals surface area (Å²) in [6, 6.07) is 0. The smallest absolute Gasteiger partial charge is 0.0526 e. The lowest BCUT2D eigenvalue weighted by Gasteiger charge is -2.18. The maximum absolute atomic E-state index is 3.98. The fourth-order valence-electron chi connectivity index (χ4n) is 0.573. The third-order valence-corrected chi connectivity index (χ3v) is 1.32. The topological polar surface area (TPSA) is 15.6 Å². The summed E-state index contributed by atoms with van der Waals surface area (Å²) < 4.78 is 0. The molecule has 0 unspecified atom stereocenters. The molecular formula is C6H10N2. The van der Waals surface area contributed by atoms with Crippen molar-refractivity contribution >= 4 is 6.21 Å². The highest BCUT2D eigenvalue weighted by molar-refractivity contribution is 5.62. The second-order valence-electron chi connectivity index (χ2n) is 1.98. The fraction of sp³-hybridized carbons (Fsp3) is 0.500. The molecule has 0 saturated heterocycles. The van der Waals surface area contributed by atoms with E-state index in [2.05, 4.69) is 23.9 Å². The highest BCUT2D eigenvalue weighted by Crippen LogP contribution is 2.01. The van der Waals surface area contributed by atoms with Crippen LogP contribution in [0, 0.1) is 0 Å². The first-order valence-electron chi connectivity index (χ1n) is 2.70. The van der Waals surface area contributed by atoms with Gasteiger partial charge in [0.1, 0.15) is 0 Å². The van der Waals surface area contributed by atoms with Crippen LogP contribution >= 0.6 is 0 Å². The SMILES string of the molecule is CC1=CN=CCN1C. The third kappa shape index (κ3) is 0.886. The Morgan fingerprint density at radius 2 is 2.50 bits per heavy atom. The Morgan fingerprint density at radius 1 is 1.75 bits per heavy atom. The Morgan fingerprint density at radius 3 is 2.88 bits per heavy atom. The van der Waals surface area contributed by atoms with E-state index in [4.69, 9.17) is 0 Å². The van der Waals surface area contributed by atoms with Crippen molar-refractivity contribution in [2.24, 2.45) is 4.99 Å². The number of hydrogen-bond donors (Lipinski definition) is 0. The second-order valence-corrected chi connectivity index (χ2v) is 1.98. The van der Waals surface area contributed by atoms with Gasteiger partial charge in [0.05, 0.1) is 6.54 Å². The van der Waals surface area contributed by atoms with Crippen LogP contribution in [0.3, 0.4) is 0 Å². The Labute approximate surface area is 49.5 Å². The van der Waals surface area contributed by atoms with Crippen LogP contribution in [0.15, 0.2) is 16.9 Å². The summed E-state index contributed by atoms with van der Waals surface area (Å²) in [4.78, 5) is 6.13. The number of allylic oxidation sites excluding steroid dienone is 1. The van der Waals surface area contributed by atoms with Crippen LogP contribution in [0.1, 0.15) is 6.92 Å². The zero-order valence-electron chi connectivity index (χ0n) is 5.26. The molecule has 0 radical (unpaired) electrons. The third-order valence-electron chi connectivity index (χ3n) is 1.32. The Kier molecular flexibility index (Phi) is 1.33. The van der Waals surface area contributed by atoms with Crippen molar-refractivity contribution in [2.75, 3.05) is 13.6 Å². The van der Waals surface area contributed by atoms with Gasteiger partial charge in [0.15, 0.2) is 0 Å². The van der Waals surface area contributed by atoms with Gasteiger partial charge in [0.2, 0.25) is 0 Å². The van der Waals surface area contributed by atoms with E-state index in [1.807, 2.05) is 12.4 Å². The Balaban J connectivity index is 2.66. The summed E-state index contributed by atoms with van der Waals surface area (Å²) in [5.74, 6) is 0. The molecule has 0 aromatic rings. The van der Waals surface area contributed by atoms with Crippen molar-refractivity contribution < 1.29 is 0 Å². The van der Waals surface area contributed by atoms with Crippen LogP contribution in [-0.4, -0.2) is 24.7 Å². The number of hydrogen-bond acceptors (Lipinski definition) is 2. The monoisotopic (exact) mass is 110 g/mol. The quantitative estimate of drug-likeness (QED) is 0.451. The summed E-state index contributed by atoms with van der Waals surface area (Å²) >= 11 is 0. The first-order valence-corrected chi connectivity index (χ1v) is 2.70. The van der Waals surface area contributed by atoms with Crippen LogP contribution in [0.25, 0.3) is 0 Å². The van der Waals surface area contributed by atoms with Gasteiger partial charge in [0.25, 0.3) is 0 Å². The average Bonchev–Trinajstić information content (AvgIpc) is 1.77. The summed E-state index contributed by atoms with van der Waals surface area (Å²) in [5.41, 5.74) is 1.23. The van der Waals surface area contributed by atoms with Crippen molar-refractivity contribution in [2.45, 2.75) is 6.92 Å². The van der Waals surface area contributed by atoms with Crippen molar-refractivity contribution in [3.8, 4) is 0 Å². The van der Waals surface area contributed by atoms with Crippen LogP contribution in [0.5, 0.6) is 0 Å². The highest BCUT2D eigenvalue weighted by Gasteiger charge is 1.97. The molecule has 0 spiro atoms. The van der Waals surface area contributed by atoms with Crippen molar-refractivity contribution in [1.82, 2.24) is 4.90 Å². The molecule has 0 amide bonds. The molecule has 1 aliphatic heterocycles. The van der Waals surface area contributed by atoms with E-state index in [1.54, 1.807) is 0 Å². The molecule has 0 aromatic heterocycles. The molecule has 1 heterocycles. The van der Waals surface area contributed by atoms with E-state index in [1.165, 1.54) is 5.70 Å². The lowest BCUT2D eigenvalue weighted by molar-refractivity contribution is 0.475. The van der Waals surface area contributed by atoms with E-state index < -0.39 is 0 Å². The number of rotatable bonds is 0. The van der Waals surface area contributed by atoms with Gasteiger partial charge < -0.3 is 4.90 Å². The van der Waals surface area contributed by atoms with Crippen LogP contribution in [0.2, 0.25) is 0 Å². The van der Waals surface area contributed by atoms with E-state index >= 15 is 0 Å². The van der Waals surface area contributed by atoms with Crippen LogP contribution < -0.4 is 0 Å². The standard InChI is InChI=1S/C6H10N2/c1-6-5-7-3-4-8(6)2/h3,5H,4H2,1-2H3. The van der Waals surface area contributed by atoms with Gasteiger partial charge in [0, 0.05) is 25.2 Å². The molecular weight excluding hydrogens is 100 g/mol. The molecule has 44 valence electrons. The molecule has 8 heavy (non-hydrogen) atoms. The van der Waals surface area contributed by atoms with Gasteiger partial charge in [-0.1, -0.05) is 0 Å².